The van der Waals surface area contributed by atoms with Crippen LogP contribution in [0.1, 0.15) is 58.3 Å². The summed E-state index contributed by atoms with van der Waals surface area (Å²) in [6.45, 7) is 3.25. The highest BCUT2D eigenvalue weighted by molar-refractivity contribution is 7.99. The summed E-state index contributed by atoms with van der Waals surface area (Å²) in [5.41, 5.74) is 0. The third kappa shape index (κ3) is 17.5. The number of unbranched alkanes of at least 4 members (excludes halogenated alkanes) is 4. The van der Waals surface area contributed by atoms with Gasteiger partial charge in [0.05, 0.1) is 13.0 Å². The zero-order chi connectivity index (χ0) is 14.9. The zero-order valence-electron chi connectivity index (χ0n) is 12.8. The van der Waals surface area contributed by atoms with Crippen molar-refractivity contribution in [1.82, 2.24) is 0 Å². The van der Waals surface area contributed by atoms with Gasteiger partial charge < -0.3 is 9.84 Å². The minimum Gasteiger partial charge on any atom is -0.481 e. The van der Waals surface area contributed by atoms with Gasteiger partial charge in [0, 0.05) is 6.61 Å². The van der Waals surface area contributed by atoms with E-state index in [1.165, 1.54) is 37.2 Å². The van der Waals surface area contributed by atoms with Crippen molar-refractivity contribution in [2.45, 2.75) is 58.3 Å². The average molecular weight is 302 g/mol. The van der Waals surface area contributed by atoms with Crippen LogP contribution < -0.4 is 0 Å². The third-order valence-corrected chi connectivity index (χ3v) is 3.96. The van der Waals surface area contributed by atoms with Gasteiger partial charge in [-0.25, -0.2) is 0 Å². The summed E-state index contributed by atoms with van der Waals surface area (Å²) in [5.74, 6) is 1.74. The van der Waals surface area contributed by atoms with Gasteiger partial charge >= 0.3 is 5.97 Å². The fourth-order valence-electron chi connectivity index (χ4n) is 1.67. The molecule has 0 amide bonds. The van der Waals surface area contributed by atoms with Crippen LogP contribution >= 0.6 is 11.8 Å². The van der Waals surface area contributed by atoms with Crippen LogP contribution in [0.5, 0.6) is 0 Å². The maximum Gasteiger partial charge on any atom is 0.305 e. The van der Waals surface area contributed by atoms with Gasteiger partial charge in [0.1, 0.15) is 0 Å². The van der Waals surface area contributed by atoms with E-state index in [1.807, 2.05) is 0 Å². The Morgan fingerprint density at radius 3 is 2.60 bits per heavy atom. The highest BCUT2D eigenvalue weighted by Crippen LogP contribution is 2.08. The van der Waals surface area contributed by atoms with E-state index in [0.717, 1.165) is 19.3 Å². The van der Waals surface area contributed by atoms with Crippen molar-refractivity contribution in [2.24, 2.45) is 0 Å². The van der Waals surface area contributed by atoms with Gasteiger partial charge in [-0.3, -0.25) is 4.79 Å². The highest BCUT2D eigenvalue weighted by atomic mass is 32.2. The van der Waals surface area contributed by atoms with Gasteiger partial charge in [0.2, 0.25) is 0 Å². The summed E-state index contributed by atoms with van der Waals surface area (Å²) < 4.78 is 5.23. The van der Waals surface area contributed by atoms with Gasteiger partial charge in [-0.1, -0.05) is 31.9 Å². The first-order valence-electron chi connectivity index (χ1n) is 7.79. The predicted molar refractivity (Wildman–Crippen MR) is 87.5 cm³/mol. The van der Waals surface area contributed by atoms with Crippen LogP contribution in [0.2, 0.25) is 0 Å². The quantitative estimate of drug-likeness (QED) is 0.357. The number of hydrogen-bond acceptors (Lipinski definition) is 3. The van der Waals surface area contributed by atoms with Crippen molar-refractivity contribution in [3.63, 3.8) is 0 Å². The van der Waals surface area contributed by atoms with E-state index in [1.54, 1.807) is 0 Å². The van der Waals surface area contributed by atoms with Gasteiger partial charge in [-0.05, 0) is 43.6 Å². The SMILES string of the molecule is CCCCCSCCC=CCCCCOCCC(=O)O. The highest BCUT2D eigenvalue weighted by Gasteiger charge is 1.95. The lowest BCUT2D eigenvalue weighted by Gasteiger charge is -2.01. The molecule has 0 aliphatic heterocycles. The maximum atomic E-state index is 10.2. The van der Waals surface area contributed by atoms with Crippen LogP contribution in [-0.2, 0) is 9.53 Å². The van der Waals surface area contributed by atoms with Crippen LogP contribution in [0, 0.1) is 0 Å². The van der Waals surface area contributed by atoms with Gasteiger partial charge in [-0.15, -0.1) is 0 Å². The Hall–Kier alpha value is -0.480. The fourth-order valence-corrected chi connectivity index (χ4v) is 2.59. The van der Waals surface area contributed by atoms with E-state index in [4.69, 9.17) is 9.84 Å². The largest absolute Gasteiger partial charge is 0.481 e. The Bertz CT molecular complexity index is 242. The average Bonchev–Trinajstić information content (AvgIpc) is 2.43. The summed E-state index contributed by atoms with van der Waals surface area (Å²) >= 11 is 2.05. The molecule has 0 heterocycles. The maximum absolute atomic E-state index is 10.2. The van der Waals surface area contributed by atoms with Crippen molar-refractivity contribution >= 4 is 17.7 Å². The molecule has 1 N–H and O–H groups in total. The molecule has 0 aromatic rings. The van der Waals surface area contributed by atoms with Crippen LogP contribution in [0.3, 0.4) is 0 Å². The first-order chi connectivity index (χ1) is 9.77. The molecule has 0 spiro atoms. The normalized spacial score (nSPS) is 11.2. The minimum atomic E-state index is -0.791. The lowest BCUT2D eigenvalue weighted by molar-refractivity contribution is -0.138. The molecule has 20 heavy (non-hydrogen) atoms. The summed E-state index contributed by atoms with van der Waals surface area (Å²) in [7, 11) is 0. The standard InChI is InChI=1S/C16H30O3S/c1-2-3-9-14-20-15-10-7-5-4-6-8-12-19-13-11-16(17)18/h5,7H,2-4,6,8-15H2,1H3,(H,17,18). The third-order valence-electron chi connectivity index (χ3n) is 2.86. The number of carboxylic acids is 1. The van der Waals surface area contributed by atoms with Crippen molar-refractivity contribution < 1.29 is 14.6 Å². The van der Waals surface area contributed by atoms with Crippen molar-refractivity contribution in [1.29, 1.82) is 0 Å². The molecule has 0 fully saturated rings. The van der Waals surface area contributed by atoms with E-state index in [2.05, 4.69) is 30.8 Å². The Morgan fingerprint density at radius 1 is 1.05 bits per heavy atom. The molecule has 0 bridgehead atoms. The molecule has 0 unspecified atom stereocenters. The van der Waals surface area contributed by atoms with Gasteiger partial charge in [0.15, 0.2) is 0 Å². The number of hydrogen-bond donors (Lipinski definition) is 1. The molecular formula is C16H30O3S. The summed E-state index contributed by atoms with van der Waals surface area (Å²) in [4.78, 5) is 10.2. The zero-order valence-corrected chi connectivity index (χ0v) is 13.6. The van der Waals surface area contributed by atoms with Crippen molar-refractivity contribution in [3.05, 3.63) is 12.2 Å². The second-order valence-corrected chi connectivity index (χ2v) is 6.06. The molecule has 0 saturated carbocycles. The summed E-state index contributed by atoms with van der Waals surface area (Å²) in [5, 5.41) is 8.43. The lowest BCUT2D eigenvalue weighted by Crippen LogP contribution is -2.03. The fraction of sp³-hybridized carbons (Fsp3) is 0.812. The van der Waals surface area contributed by atoms with Crippen LogP contribution in [0.4, 0.5) is 0 Å². The molecule has 0 aliphatic carbocycles. The van der Waals surface area contributed by atoms with E-state index < -0.39 is 5.97 Å². The Labute approximate surface area is 128 Å². The van der Waals surface area contributed by atoms with E-state index >= 15 is 0 Å². The number of allylic oxidation sites excluding steroid dienone is 2. The number of aliphatic carboxylic acids is 1. The molecule has 118 valence electrons. The van der Waals surface area contributed by atoms with Crippen LogP contribution in [0.25, 0.3) is 0 Å². The number of carboxylic acid groups (broad SMARTS) is 1. The number of ether oxygens (including phenoxy) is 1. The number of thioether (sulfide) groups is 1. The number of rotatable bonds is 15. The van der Waals surface area contributed by atoms with E-state index in [9.17, 15) is 4.79 Å². The molecular weight excluding hydrogens is 272 g/mol. The second-order valence-electron chi connectivity index (χ2n) is 4.83. The van der Waals surface area contributed by atoms with E-state index in [0.29, 0.717) is 13.2 Å². The first-order valence-corrected chi connectivity index (χ1v) is 8.95. The molecule has 0 aliphatic rings. The molecule has 4 heteroatoms. The Balaban J connectivity index is 3.07. The minimum absolute atomic E-state index is 0.107. The molecule has 0 atom stereocenters. The van der Waals surface area contributed by atoms with Crippen LogP contribution in [0.15, 0.2) is 12.2 Å². The topological polar surface area (TPSA) is 46.5 Å². The monoisotopic (exact) mass is 302 g/mol. The molecule has 0 radical (unpaired) electrons. The van der Waals surface area contributed by atoms with E-state index in [-0.39, 0.29) is 6.42 Å². The Kier molecular flexibility index (Phi) is 16.2. The molecule has 0 saturated heterocycles. The van der Waals surface area contributed by atoms with Gasteiger partial charge in [0.25, 0.3) is 0 Å². The predicted octanol–water partition coefficient (Wildman–Crippen LogP) is 4.52. The molecule has 0 rings (SSSR count). The smallest absolute Gasteiger partial charge is 0.305 e. The molecule has 0 aromatic heterocycles. The lowest BCUT2D eigenvalue weighted by atomic mass is 10.2. The molecule has 3 nitrogen and oxygen atoms in total. The first kappa shape index (κ1) is 19.5. The molecule has 0 aromatic carbocycles. The van der Waals surface area contributed by atoms with Gasteiger partial charge in [-0.2, -0.15) is 11.8 Å². The van der Waals surface area contributed by atoms with Crippen molar-refractivity contribution in [3.8, 4) is 0 Å². The summed E-state index contributed by atoms with van der Waals surface area (Å²) in [6.07, 6.45) is 13.1. The Morgan fingerprint density at radius 2 is 1.85 bits per heavy atom. The summed E-state index contributed by atoms with van der Waals surface area (Å²) in [6, 6.07) is 0. The second kappa shape index (κ2) is 16.6. The van der Waals surface area contributed by atoms with Crippen LogP contribution in [-0.4, -0.2) is 35.8 Å². The van der Waals surface area contributed by atoms with Crippen molar-refractivity contribution in [2.75, 3.05) is 24.7 Å². The number of carbonyl (C=O) groups is 1.